The molecule has 0 unspecified atom stereocenters. The van der Waals surface area contributed by atoms with Crippen molar-refractivity contribution in [2.75, 3.05) is 5.32 Å². The molecule has 0 radical (unpaired) electrons. The molecule has 0 aromatic heterocycles. The zero-order valence-electron chi connectivity index (χ0n) is 12.5. The fourth-order valence-electron chi connectivity index (χ4n) is 1.99. The molecule has 0 amide bonds. The summed E-state index contributed by atoms with van der Waals surface area (Å²) >= 11 is 5.17. The molecule has 23 heavy (non-hydrogen) atoms. The predicted octanol–water partition coefficient (Wildman–Crippen LogP) is 2.72. The first kappa shape index (κ1) is 16.7. The van der Waals surface area contributed by atoms with Crippen LogP contribution in [0.2, 0.25) is 0 Å². The third-order valence-electron chi connectivity index (χ3n) is 3.31. The Morgan fingerprint density at radius 2 is 1.91 bits per heavy atom. The quantitative estimate of drug-likeness (QED) is 0.498. The SMILES string of the molecule is CCc1ccc(NC(=S)NCc2cc([N+](=O)[O-])ccc2[O-])cc1. The lowest BCUT2D eigenvalue weighted by Crippen LogP contribution is -2.28. The minimum atomic E-state index is -0.533. The van der Waals surface area contributed by atoms with Gasteiger partial charge in [0.15, 0.2) is 5.11 Å². The standard InChI is InChI=1S/C16H17N3O3S/c1-2-11-3-5-13(6-4-11)18-16(23)17-10-12-9-14(19(21)22)7-8-15(12)20/h3-9,20H,2,10H2,1H3,(H2,17,18,23)/p-1. The molecule has 2 N–H and O–H groups in total. The van der Waals surface area contributed by atoms with Crippen molar-refractivity contribution in [1.82, 2.24) is 5.32 Å². The molecule has 7 heteroatoms. The zero-order valence-corrected chi connectivity index (χ0v) is 13.4. The van der Waals surface area contributed by atoms with Gasteiger partial charge in [-0.05, 0) is 41.9 Å². The number of anilines is 1. The Morgan fingerprint density at radius 3 is 2.52 bits per heavy atom. The van der Waals surface area contributed by atoms with Crippen molar-refractivity contribution in [3.05, 3.63) is 63.7 Å². The number of hydrogen-bond donors (Lipinski definition) is 2. The molecule has 2 rings (SSSR count). The van der Waals surface area contributed by atoms with Gasteiger partial charge in [-0.15, -0.1) is 5.75 Å². The maximum atomic E-state index is 11.7. The van der Waals surface area contributed by atoms with Crippen LogP contribution in [0.3, 0.4) is 0 Å². The largest absolute Gasteiger partial charge is 0.872 e. The number of nitrogens with zero attached hydrogens (tertiary/aromatic N) is 1. The van der Waals surface area contributed by atoms with Crippen molar-refractivity contribution in [1.29, 1.82) is 0 Å². The van der Waals surface area contributed by atoms with Crippen molar-refractivity contribution < 1.29 is 10.0 Å². The molecule has 120 valence electrons. The van der Waals surface area contributed by atoms with Crippen molar-refractivity contribution in [3.8, 4) is 5.75 Å². The van der Waals surface area contributed by atoms with E-state index in [1.807, 2.05) is 24.3 Å². The van der Waals surface area contributed by atoms with Gasteiger partial charge in [0.2, 0.25) is 0 Å². The molecule has 2 aromatic rings. The van der Waals surface area contributed by atoms with Crippen LogP contribution in [0.5, 0.6) is 5.75 Å². The molecule has 0 saturated carbocycles. The Bertz CT molecular complexity index is 717. The van der Waals surface area contributed by atoms with Gasteiger partial charge in [-0.25, -0.2) is 0 Å². The number of rotatable bonds is 5. The first-order chi connectivity index (χ1) is 11.0. The highest BCUT2D eigenvalue weighted by Crippen LogP contribution is 2.20. The van der Waals surface area contributed by atoms with Crippen LogP contribution >= 0.6 is 12.2 Å². The Hall–Kier alpha value is -2.67. The maximum absolute atomic E-state index is 11.7. The molecule has 0 aliphatic heterocycles. The molecule has 6 nitrogen and oxygen atoms in total. The Morgan fingerprint density at radius 1 is 1.22 bits per heavy atom. The van der Waals surface area contributed by atoms with Crippen LogP contribution in [-0.4, -0.2) is 10.0 Å². The average molecular weight is 330 g/mol. The molecule has 0 fully saturated rings. The van der Waals surface area contributed by atoms with Gasteiger partial charge in [0, 0.05) is 24.4 Å². The summed E-state index contributed by atoms with van der Waals surface area (Å²) in [5.74, 6) is -0.266. The highest BCUT2D eigenvalue weighted by Gasteiger charge is 2.07. The van der Waals surface area contributed by atoms with Gasteiger partial charge < -0.3 is 15.7 Å². The Kier molecular flexibility index (Phi) is 5.48. The van der Waals surface area contributed by atoms with Crippen LogP contribution < -0.4 is 15.7 Å². The van der Waals surface area contributed by atoms with E-state index in [1.54, 1.807) is 0 Å². The number of hydrogen-bond acceptors (Lipinski definition) is 4. The molecule has 0 heterocycles. The lowest BCUT2D eigenvalue weighted by atomic mass is 10.1. The van der Waals surface area contributed by atoms with Crippen molar-refractivity contribution in [2.24, 2.45) is 0 Å². The summed E-state index contributed by atoms with van der Waals surface area (Å²) in [7, 11) is 0. The van der Waals surface area contributed by atoms with E-state index in [9.17, 15) is 15.2 Å². The summed E-state index contributed by atoms with van der Waals surface area (Å²) < 4.78 is 0. The van der Waals surface area contributed by atoms with E-state index in [-0.39, 0.29) is 18.0 Å². The van der Waals surface area contributed by atoms with Gasteiger partial charge in [0.05, 0.1) is 4.92 Å². The van der Waals surface area contributed by atoms with E-state index < -0.39 is 4.92 Å². The molecule has 0 atom stereocenters. The highest BCUT2D eigenvalue weighted by atomic mass is 32.1. The van der Waals surface area contributed by atoms with Crippen molar-refractivity contribution in [2.45, 2.75) is 19.9 Å². The third-order valence-corrected chi connectivity index (χ3v) is 3.56. The number of nitrogens with one attached hydrogen (secondary N) is 2. The summed E-state index contributed by atoms with van der Waals surface area (Å²) in [6.07, 6.45) is 0.960. The molecule has 2 aromatic carbocycles. The number of benzene rings is 2. The first-order valence-corrected chi connectivity index (χ1v) is 7.48. The number of nitro groups is 1. The van der Waals surface area contributed by atoms with Gasteiger partial charge in [-0.1, -0.05) is 25.1 Å². The van der Waals surface area contributed by atoms with Crippen molar-refractivity contribution in [3.63, 3.8) is 0 Å². The van der Waals surface area contributed by atoms with E-state index in [1.165, 1.54) is 23.8 Å². The van der Waals surface area contributed by atoms with Gasteiger partial charge in [0.25, 0.3) is 5.69 Å². The number of aryl methyl sites for hydroxylation is 1. The normalized spacial score (nSPS) is 10.1. The van der Waals surface area contributed by atoms with Gasteiger partial charge in [-0.3, -0.25) is 10.1 Å². The minimum absolute atomic E-state index is 0.115. The molecular weight excluding hydrogens is 314 g/mol. The summed E-state index contributed by atoms with van der Waals surface area (Å²) in [5, 5.41) is 28.7. The Balaban J connectivity index is 1.96. The fraction of sp³-hybridized carbons (Fsp3) is 0.188. The van der Waals surface area contributed by atoms with Crippen LogP contribution in [-0.2, 0) is 13.0 Å². The maximum Gasteiger partial charge on any atom is 0.269 e. The van der Waals surface area contributed by atoms with Gasteiger partial charge in [-0.2, -0.15) is 0 Å². The molecule has 0 bridgehead atoms. The Labute approximate surface area is 139 Å². The first-order valence-electron chi connectivity index (χ1n) is 7.07. The molecule has 0 aliphatic rings. The number of thiocarbonyl (C=S) groups is 1. The zero-order chi connectivity index (χ0) is 16.8. The van der Waals surface area contributed by atoms with Gasteiger partial charge >= 0.3 is 0 Å². The third kappa shape index (κ3) is 4.65. The summed E-state index contributed by atoms with van der Waals surface area (Å²) in [6.45, 7) is 2.20. The van der Waals surface area contributed by atoms with E-state index in [0.717, 1.165) is 12.1 Å². The molecule has 0 aliphatic carbocycles. The van der Waals surface area contributed by atoms with E-state index in [2.05, 4.69) is 17.6 Å². The molecule has 0 saturated heterocycles. The predicted molar refractivity (Wildman–Crippen MR) is 91.4 cm³/mol. The van der Waals surface area contributed by atoms with Crippen LogP contribution in [0.25, 0.3) is 0 Å². The summed E-state index contributed by atoms with van der Waals surface area (Å²) in [6, 6.07) is 11.5. The van der Waals surface area contributed by atoms with Crippen LogP contribution in [0.1, 0.15) is 18.1 Å². The van der Waals surface area contributed by atoms with Crippen molar-refractivity contribution >= 4 is 28.7 Å². The van der Waals surface area contributed by atoms with E-state index in [4.69, 9.17) is 12.2 Å². The molecular formula is C16H16N3O3S-. The second-order valence-electron chi connectivity index (χ2n) is 4.91. The van der Waals surface area contributed by atoms with Crippen LogP contribution in [0.15, 0.2) is 42.5 Å². The number of non-ortho nitro benzene ring substituents is 1. The lowest BCUT2D eigenvalue weighted by molar-refractivity contribution is -0.385. The summed E-state index contributed by atoms with van der Waals surface area (Å²) in [5.41, 5.74) is 2.24. The summed E-state index contributed by atoms with van der Waals surface area (Å²) in [4.78, 5) is 10.2. The van der Waals surface area contributed by atoms with E-state index in [0.29, 0.717) is 10.7 Å². The fourth-order valence-corrected chi connectivity index (χ4v) is 2.18. The minimum Gasteiger partial charge on any atom is -0.872 e. The monoisotopic (exact) mass is 330 g/mol. The highest BCUT2D eigenvalue weighted by molar-refractivity contribution is 7.80. The second kappa shape index (κ2) is 7.55. The number of nitro benzene ring substituents is 1. The van der Waals surface area contributed by atoms with Crippen LogP contribution in [0.4, 0.5) is 11.4 Å². The second-order valence-corrected chi connectivity index (χ2v) is 5.32. The lowest BCUT2D eigenvalue weighted by Gasteiger charge is -2.15. The van der Waals surface area contributed by atoms with Crippen LogP contribution in [0, 0.1) is 10.1 Å². The average Bonchev–Trinajstić information content (AvgIpc) is 2.54. The van der Waals surface area contributed by atoms with E-state index >= 15 is 0 Å². The van der Waals surface area contributed by atoms with Gasteiger partial charge in [0.1, 0.15) is 0 Å². The smallest absolute Gasteiger partial charge is 0.269 e. The molecule has 0 spiro atoms. The topological polar surface area (TPSA) is 90.3 Å².